The van der Waals surface area contributed by atoms with Crippen molar-refractivity contribution in [3.63, 3.8) is 0 Å². The fourth-order valence-corrected chi connectivity index (χ4v) is 3.74. The molecule has 0 unspecified atom stereocenters. The maximum atomic E-state index is 12.8. The minimum Gasteiger partial charge on any atom is -0.493 e. The molecule has 4 rings (SSSR count). The number of rotatable bonds is 10. The molecule has 0 bridgehead atoms. The number of ether oxygens (including phenoxy) is 3. The van der Waals surface area contributed by atoms with Crippen molar-refractivity contribution in [2.75, 3.05) is 12.4 Å². The normalized spacial score (nSPS) is 10.8. The Bertz CT molecular complexity index is 1460. The van der Waals surface area contributed by atoms with Gasteiger partial charge in [0.05, 0.1) is 7.11 Å². The van der Waals surface area contributed by atoms with E-state index >= 15 is 0 Å². The van der Waals surface area contributed by atoms with Crippen LogP contribution in [-0.2, 0) is 18.0 Å². The van der Waals surface area contributed by atoms with Crippen molar-refractivity contribution in [3.05, 3.63) is 124 Å². The molecule has 0 aliphatic carbocycles. The Morgan fingerprint density at radius 1 is 0.895 bits per heavy atom. The molecule has 0 radical (unpaired) electrons. The van der Waals surface area contributed by atoms with Gasteiger partial charge >= 0.3 is 0 Å². The second-order valence-corrected chi connectivity index (χ2v) is 8.62. The number of hydrogen-bond acceptors (Lipinski definition) is 5. The highest BCUT2D eigenvalue weighted by Gasteiger charge is 2.12. The quantitative estimate of drug-likeness (QED) is 0.177. The first-order valence-corrected chi connectivity index (χ1v) is 12.2. The summed E-state index contributed by atoms with van der Waals surface area (Å²) in [5.74, 6) is 1.16. The van der Waals surface area contributed by atoms with Gasteiger partial charge in [-0.3, -0.25) is 4.79 Å². The summed E-state index contributed by atoms with van der Waals surface area (Å²) in [4.78, 5) is 12.8. The second kappa shape index (κ2) is 13.0. The molecule has 1 N–H and O–H groups in total. The number of hydrogen-bond donors (Lipinski definition) is 1. The number of nitrogens with one attached hydrogen (secondary N) is 1. The lowest BCUT2D eigenvalue weighted by atomic mass is 10.1. The van der Waals surface area contributed by atoms with Gasteiger partial charge in [0.1, 0.15) is 30.6 Å². The van der Waals surface area contributed by atoms with Gasteiger partial charge in [-0.15, -0.1) is 0 Å². The highest BCUT2D eigenvalue weighted by Crippen LogP contribution is 2.30. The van der Waals surface area contributed by atoms with E-state index in [2.05, 4.69) is 5.32 Å². The van der Waals surface area contributed by atoms with Crippen LogP contribution in [0.2, 0.25) is 5.02 Å². The van der Waals surface area contributed by atoms with Crippen molar-refractivity contribution in [3.8, 4) is 23.3 Å². The van der Waals surface area contributed by atoms with Crippen LogP contribution in [-0.4, -0.2) is 13.0 Å². The summed E-state index contributed by atoms with van der Waals surface area (Å²) in [6.07, 6.45) is 1.50. The third-order valence-corrected chi connectivity index (χ3v) is 5.93. The Kier molecular flexibility index (Phi) is 9.01. The summed E-state index contributed by atoms with van der Waals surface area (Å²) in [6.45, 7) is 0.717. The van der Waals surface area contributed by atoms with Gasteiger partial charge in [0.15, 0.2) is 11.5 Å². The fourth-order valence-electron chi connectivity index (χ4n) is 3.55. The van der Waals surface area contributed by atoms with E-state index in [-0.39, 0.29) is 5.57 Å². The SMILES string of the molecule is COc1cc(/C=C(\C#N)C(=O)Nc2ccc(OCc3ccccc3Cl)cc2)ccc1OCc1ccccc1. The van der Waals surface area contributed by atoms with Gasteiger partial charge in [-0.2, -0.15) is 5.26 Å². The maximum absolute atomic E-state index is 12.8. The van der Waals surface area contributed by atoms with Crippen LogP contribution in [0.4, 0.5) is 5.69 Å². The Labute approximate surface area is 226 Å². The van der Waals surface area contributed by atoms with Crippen LogP contribution in [0.25, 0.3) is 6.08 Å². The van der Waals surface area contributed by atoms with Gasteiger partial charge in [0.2, 0.25) is 0 Å². The third kappa shape index (κ3) is 7.16. The fraction of sp³-hybridized carbons (Fsp3) is 0.0968. The van der Waals surface area contributed by atoms with Crippen molar-refractivity contribution in [2.45, 2.75) is 13.2 Å². The first-order chi connectivity index (χ1) is 18.6. The maximum Gasteiger partial charge on any atom is 0.266 e. The van der Waals surface area contributed by atoms with E-state index in [0.29, 0.717) is 46.7 Å². The molecular weight excluding hydrogens is 500 g/mol. The summed E-state index contributed by atoms with van der Waals surface area (Å²) < 4.78 is 17.1. The minimum absolute atomic E-state index is 0.0518. The van der Waals surface area contributed by atoms with Gasteiger partial charge in [-0.05, 0) is 59.7 Å². The molecule has 0 aromatic heterocycles. The summed E-state index contributed by atoms with van der Waals surface area (Å²) in [7, 11) is 1.54. The zero-order valence-electron chi connectivity index (χ0n) is 20.7. The molecule has 4 aromatic rings. The van der Waals surface area contributed by atoms with Gasteiger partial charge in [0, 0.05) is 16.3 Å². The highest BCUT2D eigenvalue weighted by molar-refractivity contribution is 6.31. The van der Waals surface area contributed by atoms with Crippen molar-refractivity contribution in [1.29, 1.82) is 5.26 Å². The average Bonchev–Trinajstić information content (AvgIpc) is 2.95. The third-order valence-electron chi connectivity index (χ3n) is 5.57. The zero-order chi connectivity index (χ0) is 26.7. The predicted molar refractivity (Wildman–Crippen MR) is 148 cm³/mol. The van der Waals surface area contributed by atoms with Gasteiger partial charge in [-0.1, -0.05) is 66.2 Å². The molecule has 6 nitrogen and oxygen atoms in total. The number of nitriles is 1. The second-order valence-electron chi connectivity index (χ2n) is 8.21. The van der Waals surface area contributed by atoms with E-state index < -0.39 is 5.91 Å². The van der Waals surface area contributed by atoms with E-state index in [9.17, 15) is 10.1 Å². The predicted octanol–water partition coefficient (Wildman–Crippen LogP) is 7.05. The van der Waals surface area contributed by atoms with Crippen molar-refractivity contribution >= 4 is 29.3 Å². The molecule has 0 saturated carbocycles. The Balaban J connectivity index is 1.38. The smallest absolute Gasteiger partial charge is 0.266 e. The molecular formula is C31H25ClN2O4. The molecule has 0 heterocycles. The largest absolute Gasteiger partial charge is 0.493 e. The Morgan fingerprint density at radius 2 is 1.63 bits per heavy atom. The van der Waals surface area contributed by atoms with Crippen LogP contribution in [0.15, 0.2) is 103 Å². The lowest BCUT2D eigenvalue weighted by molar-refractivity contribution is -0.112. The van der Waals surface area contributed by atoms with Crippen LogP contribution >= 0.6 is 11.6 Å². The molecule has 4 aromatic carbocycles. The average molecular weight is 525 g/mol. The minimum atomic E-state index is -0.527. The van der Waals surface area contributed by atoms with E-state index in [0.717, 1.165) is 11.1 Å². The van der Waals surface area contributed by atoms with Crippen molar-refractivity contribution in [1.82, 2.24) is 0 Å². The van der Waals surface area contributed by atoms with Crippen LogP contribution in [0.5, 0.6) is 17.2 Å². The van der Waals surface area contributed by atoms with Gasteiger partial charge in [0.25, 0.3) is 5.91 Å². The number of nitrogens with zero attached hydrogens (tertiary/aromatic N) is 1. The van der Waals surface area contributed by atoms with E-state index in [1.54, 1.807) is 42.5 Å². The molecule has 0 fully saturated rings. The van der Waals surface area contributed by atoms with E-state index in [4.69, 9.17) is 25.8 Å². The van der Waals surface area contributed by atoms with Crippen LogP contribution in [0.1, 0.15) is 16.7 Å². The molecule has 38 heavy (non-hydrogen) atoms. The van der Waals surface area contributed by atoms with Gasteiger partial charge in [-0.25, -0.2) is 0 Å². The topological polar surface area (TPSA) is 80.6 Å². The zero-order valence-corrected chi connectivity index (χ0v) is 21.4. The molecule has 0 spiro atoms. The number of carbonyl (C=O) groups excluding carboxylic acids is 1. The van der Waals surface area contributed by atoms with Crippen molar-refractivity contribution < 1.29 is 19.0 Å². The molecule has 0 aliphatic heterocycles. The summed E-state index contributed by atoms with van der Waals surface area (Å²) in [5.41, 5.74) is 3.02. The molecule has 0 saturated heterocycles. The number of amides is 1. The molecule has 190 valence electrons. The first kappa shape index (κ1) is 26.3. The number of methoxy groups -OCH3 is 1. The van der Waals surface area contributed by atoms with Crippen LogP contribution in [0.3, 0.4) is 0 Å². The van der Waals surface area contributed by atoms with E-state index in [1.165, 1.54) is 13.2 Å². The summed E-state index contributed by atoms with van der Waals surface area (Å²) in [5, 5.41) is 13.0. The highest BCUT2D eigenvalue weighted by atomic mass is 35.5. The number of benzene rings is 4. The molecule has 0 aliphatic rings. The first-order valence-electron chi connectivity index (χ1n) is 11.8. The monoisotopic (exact) mass is 524 g/mol. The lowest BCUT2D eigenvalue weighted by Crippen LogP contribution is -2.13. The van der Waals surface area contributed by atoms with Gasteiger partial charge < -0.3 is 19.5 Å². The number of anilines is 1. The Hall–Kier alpha value is -4.73. The van der Waals surface area contributed by atoms with Crippen LogP contribution in [0, 0.1) is 11.3 Å². The van der Waals surface area contributed by atoms with Crippen molar-refractivity contribution in [2.24, 2.45) is 0 Å². The molecule has 7 heteroatoms. The summed E-state index contributed by atoms with van der Waals surface area (Å²) in [6, 6.07) is 31.3. The lowest BCUT2D eigenvalue weighted by Gasteiger charge is -2.12. The van der Waals surface area contributed by atoms with E-state index in [1.807, 2.05) is 60.7 Å². The standard InChI is InChI=1S/C31H25ClN2O4/c1-36-30-18-23(11-16-29(30)38-20-22-7-3-2-4-8-22)17-25(19-33)31(35)34-26-12-14-27(15-13-26)37-21-24-9-5-6-10-28(24)32/h2-18H,20-21H2,1H3,(H,34,35)/b25-17+. The number of carbonyl (C=O) groups is 1. The molecule has 0 atom stereocenters. The number of halogens is 1. The molecule has 1 amide bonds. The van der Waals surface area contributed by atoms with Crippen LogP contribution < -0.4 is 19.5 Å². The Morgan fingerprint density at radius 3 is 2.34 bits per heavy atom. The summed E-state index contributed by atoms with van der Waals surface area (Å²) >= 11 is 6.16.